The van der Waals surface area contributed by atoms with Gasteiger partial charge in [0.15, 0.2) is 0 Å². The number of ether oxygens (including phenoxy) is 1. The third kappa shape index (κ3) is 3.85. The SMILES string of the molecule is COc1ccc(Cc2ccc(F)c(CO)c2)cc1-c1cccc(NO)c1. The Balaban J connectivity index is 1.97. The molecule has 3 aromatic carbocycles. The molecule has 0 atom stereocenters. The Bertz CT molecular complexity index is 912. The number of aliphatic hydroxyl groups is 1. The fraction of sp³-hybridized carbons (Fsp3) is 0.143. The van der Waals surface area contributed by atoms with Gasteiger partial charge in [-0.3, -0.25) is 10.7 Å². The van der Waals surface area contributed by atoms with Gasteiger partial charge < -0.3 is 9.84 Å². The third-order valence-corrected chi connectivity index (χ3v) is 4.26. The van der Waals surface area contributed by atoms with Gasteiger partial charge in [0.25, 0.3) is 0 Å². The summed E-state index contributed by atoms with van der Waals surface area (Å²) in [5.41, 5.74) is 6.76. The minimum atomic E-state index is -0.403. The van der Waals surface area contributed by atoms with Crippen LogP contribution in [0, 0.1) is 5.82 Å². The number of benzene rings is 3. The summed E-state index contributed by atoms with van der Waals surface area (Å²) < 4.78 is 19.0. The summed E-state index contributed by atoms with van der Waals surface area (Å²) in [7, 11) is 1.61. The van der Waals surface area contributed by atoms with Crippen LogP contribution in [0.4, 0.5) is 10.1 Å². The van der Waals surface area contributed by atoms with Gasteiger partial charge in [-0.15, -0.1) is 0 Å². The predicted octanol–water partition coefficient (Wildman–Crippen LogP) is 4.39. The molecule has 0 heterocycles. The van der Waals surface area contributed by atoms with Gasteiger partial charge in [-0.25, -0.2) is 4.39 Å². The predicted molar refractivity (Wildman–Crippen MR) is 99.0 cm³/mol. The van der Waals surface area contributed by atoms with E-state index in [1.165, 1.54) is 6.07 Å². The summed E-state index contributed by atoms with van der Waals surface area (Å²) in [5, 5.41) is 18.4. The van der Waals surface area contributed by atoms with Crippen LogP contribution in [0.2, 0.25) is 0 Å². The van der Waals surface area contributed by atoms with E-state index >= 15 is 0 Å². The van der Waals surface area contributed by atoms with Crippen molar-refractivity contribution in [1.29, 1.82) is 0 Å². The molecule has 3 rings (SSSR count). The maximum absolute atomic E-state index is 13.6. The molecule has 5 heteroatoms. The van der Waals surface area contributed by atoms with Crippen molar-refractivity contribution in [3.63, 3.8) is 0 Å². The van der Waals surface area contributed by atoms with Gasteiger partial charge in [0.05, 0.1) is 19.4 Å². The fourth-order valence-corrected chi connectivity index (χ4v) is 2.94. The largest absolute Gasteiger partial charge is 0.496 e. The Morgan fingerprint density at radius 1 is 1.00 bits per heavy atom. The molecular formula is C21H20FNO3. The smallest absolute Gasteiger partial charge is 0.128 e. The van der Waals surface area contributed by atoms with Crippen molar-refractivity contribution in [3.8, 4) is 16.9 Å². The highest BCUT2D eigenvalue weighted by atomic mass is 19.1. The van der Waals surface area contributed by atoms with Crippen LogP contribution in [-0.2, 0) is 13.0 Å². The van der Waals surface area contributed by atoms with Crippen LogP contribution < -0.4 is 10.2 Å². The van der Waals surface area contributed by atoms with E-state index in [-0.39, 0.29) is 12.2 Å². The normalized spacial score (nSPS) is 10.6. The van der Waals surface area contributed by atoms with E-state index in [1.54, 1.807) is 25.3 Å². The van der Waals surface area contributed by atoms with Crippen molar-refractivity contribution < 1.29 is 19.4 Å². The first-order valence-corrected chi connectivity index (χ1v) is 8.20. The molecule has 0 aromatic heterocycles. The molecule has 0 aliphatic rings. The Morgan fingerprint density at radius 2 is 1.77 bits per heavy atom. The maximum Gasteiger partial charge on any atom is 0.128 e. The Labute approximate surface area is 151 Å². The van der Waals surface area contributed by atoms with E-state index in [0.717, 1.165) is 28.0 Å². The molecule has 0 saturated carbocycles. The molecule has 0 aliphatic heterocycles. The van der Waals surface area contributed by atoms with E-state index in [0.29, 0.717) is 12.1 Å². The van der Waals surface area contributed by atoms with Crippen LogP contribution in [0.25, 0.3) is 11.1 Å². The second-order valence-electron chi connectivity index (χ2n) is 5.99. The van der Waals surface area contributed by atoms with Crippen molar-refractivity contribution in [2.45, 2.75) is 13.0 Å². The van der Waals surface area contributed by atoms with Gasteiger partial charge in [0.1, 0.15) is 11.6 Å². The van der Waals surface area contributed by atoms with Crippen LogP contribution >= 0.6 is 0 Å². The minimum Gasteiger partial charge on any atom is -0.496 e. The van der Waals surface area contributed by atoms with Gasteiger partial charge in [-0.1, -0.05) is 30.3 Å². The highest BCUT2D eigenvalue weighted by Gasteiger charge is 2.10. The average molecular weight is 353 g/mol. The molecule has 0 unspecified atom stereocenters. The molecule has 0 spiro atoms. The number of aliphatic hydroxyl groups excluding tert-OH is 1. The van der Waals surface area contributed by atoms with Crippen LogP contribution in [0.5, 0.6) is 5.75 Å². The molecule has 0 bridgehead atoms. The first-order chi connectivity index (χ1) is 12.6. The third-order valence-electron chi connectivity index (χ3n) is 4.26. The molecule has 3 N–H and O–H groups in total. The number of nitrogens with one attached hydrogen (secondary N) is 1. The topological polar surface area (TPSA) is 61.7 Å². The standard InChI is InChI=1S/C21H20FNO3/c1-26-21-8-6-15(9-14-5-7-20(22)17(10-14)13-24)11-19(21)16-3-2-4-18(12-16)23-25/h2-8,10-12,23-25H,9,13H2,1H3. The van der Waals surface area contributed by atoms with Gasteiger partial charge in [0, 0.05) is 11.1 Å². The van der Waals surface area contributed by atoms with E-state index in [4.69, 9.17) is 9.94 Å². The highest BCUT2D eigenvalue weighted by Crippen LogP contribution is 2.33. The maximum atomic E-state index is 13.6. The molecule has 26 heavy (non-hydrogen) atoms. The lowest BCUT2D eigenvalue weighted by Gasteiger charge is -2.13. The highest BCUT2D eigenvalue weighted by molar-refractivity contribution is 5.74. The van der Waals surface area contributed by atoms with Crippen molar-refractivity contribution in [1.82, 2.24) is 0 Å². The van der Waals surface area contributed by atoms with E-state index < -0.39 is 5.82 Å². The number of methoxy groups -OCH3 is 1. The number of rotatable bonds is 6. The summed E-state index contributed by atoms with van der Waals surface area (Å²) in [6.45, 7) is -0.325. The lowest BCUT2D eigenvalue weighted by molar-refractivity contribution is 0.275. The second kappa shape index (κ2) is 7.99. The molecule has 0 aliphatic carbocycles. The zero-order valence-electron chi connectivity index (χ0n) is 14.4. The molecule has 3 aromatic rings. The monoisotopic (exact) mass is 353 g/mol. The van der Waals surface area contributed by atoms with Crippen molar-refractivity contribution in [3.05, 3.63) is 83.2 Å². The van der Waals surface area contributed by atoms with Crippen LogP contribution in [-0.4, -0.2) is 17.4 Å². The summed E-state index contributed by atoms with van der Waals surface area (Å²) in [5.74, 6) is 0.319. The van der Waals surface area contributed by atoms with Crippen molar-refractivity contribution >= 4 is 5.69 Å². The zero-order chi connectivity index (χ0) is 18.5. The zero-order valence-corrected chi connectivity index (χ0v) is 14.4. The average Bonchev–Trinajstić information content (AvgIpc) is 2.69. The molecule has 0 fully saturated rings. The lowest BCUT2D eigenvalue weighted by atomic mass is 9.97. The number of halogens is 1. The van der Waals surface area contributed by atoms with Gasteiger partial charge in [0.2, 0.25) is 0 Å². The van der Waals surface area contributed by atoms with Gasteiger partial charge in [-0.05, 0) is 53.4 Å². The van der Waals surface area contributed by atoms with Crippen LogP contribution in [0.15, 0.2) is 60.7 Å². The molecular weight excluding hydrogens is 333 g/mol. The summed E-state index contributed by atoms with van der Waals surface area (Å²) in [6, 6.07) is 18.0. The van der Waals surface area contributed by atoms with E-state index in [9.17, 15) is 9.50 Å². The Kier molecular flexibility index (Phi) is 5.51. The van der Waals surface area contributed by atoms with Crippen LogP contribution in [0.3, 0.4) is 0 Å². The summed E-state index contributed by atoms with van der Waals surface area (Å²) in [6.07, 6.45) is 0.599. The molecule has 0 amide bonds. The van der Waals surface area contributed by atoms with Crippen LogP contribution in [0.1, 0.15) is 16.7 Å². The molecule has 0 radical (unpaired) electrons. The molecule has 4 nitrogen and oxygen atoms in total. The number of anilines is 1. The van der Waals surface area contributed by atoms with Crippen molar-refractivity contribution in [2.75, 3.05) is 12.6 Å². The Hall–Kier alpha value is -2.89. The van der Waals surface area contributed by atoms with Gasteiger partial charge >= 0.3 is 0 Å². The Morgan fingerprint density at radius 3 is 2.50 bits per heavy atom. The second-order valence-corrected chi connectivity index (χ2v) is 5.99. The molecule has 0 saturated heterocycles. The number of hydrogen-bond donors (Lipinski definition) is 3. The summed E-state index contributed by atoms with van der Waals surface area (Å²) in [4.78, 5) is 0. The van der Waals surface area contributed by atoms with E-state index in [2.05, 4.69) is 5.48 Å². The fourth-order valence-electron chi connectivity index (χ4n) is 2.94. The van der Waals surface area contributed by atoms with Crippen molar-refractivity contribution in [2.24, 2.45) is 0 Å². The van der Waals surface area contributed by atoms with Gasteiger partial charge in [-0.2, -0.15) is 0 Å². The first-order valence-electron chi connectivity index (χ1n) is 8.20. The minimum absolute atomic E-state index is 0.290. The number of hydrogen-bond acceptors (Lipinski definition) is 4. The quantitative estimate of drug-likeness (QED) is 0.575. The first kappa shape index (κ1) is 17.9. The molecule has 134 valence electrons. The summed E-state index contributed by atoms with van der Waals surface area (Å²) >= 11 is 0. The van der Waals surface area contributed by atoms with E-state index in [1.807, 2.05) is 36.4 Å². The lowest BCUT2D eigenvalue weighted by Crippen LogP contribution is -1.96.